The molecule has 0 radical (unpaired) electrons. The number of benzene rings is 2. The quantitative estimate of drug-likeness (QED) is 0.511. The fourth-order valence-electron chi connectivity index (χ4n) is 3.92. The van der Waals surface area contributed by atoms with E-state index in [1.165, 1.54) is 17.3 Å². The van der Waals surface area contributed by atoms with Crippen LogP contribution >= 0.6 is 11.8 Å². The maximum Gasteiger partial charge on any atom is 0.230 e. The molecule has 174 valence electrons. The lowest BCUT2D eigenvalue weighted by molar-refractivity contribution is -0.119. The molecule has 1 aliphatic rings. The van der Waals surface area contributed by atoms with Crippen molar-refractivity contribution >= 4 is 17.7 Å². The molecule has 0 bridgehead atoms. The number of fused-ring (bicyclic) bond motifs is 1. The highest BCUT2D eigenvalue weighted by atomic mass is 32.2. The predicted molar refractivity (Wildman–Crippen MR) is 129 cm³/mol. The van der Waals surface area contributed by atoms with Gasteiger partial charge in [-0.05, 0) is 49.1 Å². The SMILES string of the molecule is Cc1ccc(-n2cnnc2SCC(=O)N[C@@H](c2ccc3c(c2)OCCCO3)C(C)C)c(C)c1. The molecule has 2 heterocycles. The van der Waals surface area contributed by atoms with Gasteiger partial charge >= 0.3 is 0 Å². The first-order chi connectivity index (χ1) is 15.9. The molecule has 0 spiro atoms. The molecule has 1 aliphatic heterocycles. The maximum absolute atomic E-state index is 12.9. The van der Waals surface area contributed by atoms with Crippen LogP contribution in [0.3, 0.4) is 0 Å². The second-order valence-corrected chi connectivity index (χ2v) is 9.55. The van der Waals surface area contributed by atoms with Crippen LogP contribution in [0.2, 0.25) is 0 Å². The van der Waals surface area contributed by atoms with Gasteiger partial charge in [-0.15, -0.1) is 10.2 Å². The zero-order valence-electron chi connectivity index (χ0n) is 19.5. The Morgan fingerprint density at radius 3 is 2.67 bits per heavy atom. The average molecular weight is 467 g/mol. The second kappa shape index (κ2) is 10.3. The van der Waals surface area contributed by atoms with Gasteiger partial charge in [-0.1, -0.05) is 49.4 Å². The van der Waals surface area contributed by atoms with E-state index in [4.69, 9.17) is 9.47 Å². The highest BCUT2D eigenvalue weighted by Gasteiger charge is 2.22. The van der Waals surface area contributed by atoms with Crippen LogP contribution in [0.4, 0.5) is 0 Å². The van der Waals surface area contributed by atoms with E-state index in [2.05, 4.69) is 61.4 Å². The number of amides is 1. The Bertz CT molecular complexity index is 1130. The van der Waals surface area contributed by atoms with E-state index in [0.29, 0.717) is 18.4 Å². The molecule has 0 fully saturated rings. The van der Waals surface area contributed by atoms with Crippen molar-refractivity contribution in [1.82, 2.24) is 20.1 Å². The molecule has 1 atom stereocenters. The summed E-state index contributed by atoms with van der Waals surface area (Å²) in [5.74, 6) is 1.90. The van der Waals surface area contributed by atoms with Gasteiger partial charge < -0.3 is 14.8 Å². The minimum Gasteiger partial charge on any atom is -0.490 e. The summed E-state index contributed by atoms with van der Waals surface area (Å²) >= 11 is 1.38. The molecule has 0 aliphatic carbocycles. The van der Waals surface area contributed by atoms with Crippen molar-refractivity contribution in [2.45, 2.75) is 45.3 Å². The molecule has 1 N–H and O–H groups in total. The third-order valence-electron chi connectivity index (χ3n) is 5.57. The van der Waals surface area contributed by atoms with Crippen molar-refractivity contribution in [1.29, 1.82) is 0 Å². The van der Waals surface area contributed by atoms with Crippen molar-refractivity contribution < 1.29 is 14.3 Å². The van der Waals surface area contributed by atoms with Crippen molar-refractivity contribution in [3.8, 4) is 17.2 Å². The second-order valence-electron chi connectivity index (χ2n) is 8.61. The number of carbonyl (C=O) groups excluding carboxylic acids is 1. The van der Waals surface area contributed by atoms with Crippen LogP contribution < -0.4 is 14.8 Å². The first-order valence-electron chi connectivity index (χ1n) is 11.2. The smallest absolute Gasteiger partial charge is 0.230 e. The van der Waals surface area contributed by atoms with E-state index in [1.807, 2.05) is 22.8 Å². The highest BCUT2D eigenvalue weighted by molar-refractivity contribution is 7.99. The fraction of sp³-hybridized carbons (Fsp3) is 0.400. The van der Waals surface area contributed by atoms with E-state index < -0.39 is 0 Å². The normalized spacial score (nSPS) is 14.1. The molecule has 2 aromatic carbocycles. The number of nitrogens with zero attached hydrogens (tertiary/aromatic N) is 3. The summed E-state index contributed by atoms with van der Waals surface area (Å²) in [5.41, 5.74) is 4.36. The zero-order chi connectivity index (χ0) is 23.4. The molecule has 8 heteroatoms. The van der Waals surface area contributed by atoms with Gasteiger partial charge in [0.15, 0.2) is 16.7 Å². The lowest BCUT2D eigenvalue weighted by atomic mass is 9.95. The number of thioether (sulfide) groups is 1. The van der Waals surface area contributed by atoms with E-state index in [0.717, 1.165) is 34.7 Å². The summed E-state index contributed by atoms with van der Waals surface area (Å²) in [6, 6.07) is 12.0. The topological polar surface area (TPSA) is 78.3 Å². The Labute approximate surface area is 198 Å². The summed E-state index contributed by atoms with van der Waals surface area (Å²) in [7, 11) is 0. The lowest BCUT2D eigenvalue weighted by Crippen LogP contribution is -2.33. The number of aryl methyl sites for hydroxylation is 2. The van der Waals surface area contributed by atoms with Crippen molar-refractivity contribution in [2.75, 3.05) is 19.0 Å². The van der Waals surface area contributed by atoms with Crippen LogP contribution in [0.15, 0.2) is 47.9 Å². The average Bonchev–Trinajstić information content (AvgIpc) is 3.11. The molecule has 1 amide bonds. The van der Waals surface area contributed by atoms with Crippen LogP contribution in [0.5, 0.6) is 11.5 Å². The third-order valence-corrected chi connectivity index (χ3v) is 6.52. The number of rotatable bonds is 7. The van der Waals surface area contributed by atoms with Crippen molar-refractivity contribution in [3.63, 3.8) is 0 Å². The Morgan fingerprint density at radius 1 is 1.12 bits per heavy atom. The van der Waals surface area contributed by atoms with E-state index >= 15 is 0 Å². The van der Waals surface area contributed by atoms with Crippen LogP contribution in [-0.4, -0.2) is 39.6 Å². The Kier molecular flexibility index (Phi) is 7.23. The van der Waals surface area contributed by atoms with Gasteiger partial charge in [-0.3, -0.25) is 9.36 Å². The summed E-state index contributed by atoms with van der Waals surface area (Å²) in [4.78, 5) is 12.9. The number of hydrogen-bond donors (Lipinski definition) is 1. The monoisotopic (exact) mass is 466 g/mol. The molecular formula is C25H30N4O3S. The lowest BCUT2D eigenvalue weighted by Gasteiger charge is -2.24. The van der Waals surface area contributed by atoms with Gasteiger partial charge in [0.2, 0.25) is 5.91 Å². The molecular weight excluding hydrogens is 436 g/mol. The number of carbonyl (C=O) groups is 1. The highest BCUT2D eigenvalue weighted by Crippen LogP contribution is 2.34. The van der Waals surface area contributed by atoms with Gasteiger partial charge in [-0.2, -0.15) is 0 Å². The number of hydrogen-bond acceptors (Lipinski definition) is 6. The van der Waals surface area contributed by atoms with Crippen LogP contribution in [0, 0.1) is 19.8 Å². The largest absolute Gasteiger partial charge is 0.490 e. The Hall–Kier alpha value is -3.00. The minimum absolute atomic E-state index is 0.0546. The summed E-state index contributed by atoms with van der Waals surface area (Å²) in [6.45, 7) is 9.60. The van der Waals surface area contributed by atoms with Gasteiger partial charge in [0.05, 0.1) is 30.7 Å². The number of nitrogens with one attached hydrogen (secondary N) is 1. The van der Waals surface area contributed by atoms with Crippen molar-refractivity contribution in [2.24, 2.45) is 5.92 Å². The standard InChI is InChI=1S/C25H30N4O3S/c1-16(2)24(19-7-9-21-22(13-19)32-11-5-10-31-21)27-23(30)14-33-25-28-26-15-29(25)20-8-6-17(3)12-18(20)4/h6-9,12-13,15-16,24H,5,10-11,14H2,1-4H3,(H,27,30)/t24-/m1/s1. The first kappa shape index (κ1) is 23.2. The summed E-state index contributed by atoms with van der Waals surface area (Å²) in [5, 5.41) is 12.2. The van der Waals surface area contributed by atoms with Crippen LogP contribution in [0.1, 0.15) is 43.0 Å². The number of ether oxygens (including phenoxy) is 2. The van der Waals surface area contributed by atoms with E-state index in [9.17, 15) is 4.79 Å². The molecule has 7 nitrogen and oxygen atoms in total. The maximum atomic E-state index is 12.9. The fourth-order valence-corrected chi connectivity index (χ4v) is 4.65. The molecule has 3 aromatic rings. The van der Waals surface area contributed by atoms with Crippen LogP contribution in [0.25, 0.3) is 5.69 Å². The predicted octanol–water partition coefficient (Wildman–Crippen LogP) is 4.65. The molecule has 33 heavy (non-hydrogen) atoms. The summed E-state index contributed by atoms with van der Waals surface area (Å²) in [6.07, 6.45) is 2.55. The zero-order valence-corrected chi connectivity index (χ0v) is 20.3. The summed E-state index contributed by atoms with van der Waals surface area (Å²) < 4.78 is 13.5. The van der Waals surface area contributed by atoms with Gasteiger partial charge in [0.25, 0.3) is 0 Å². The van der Waals surface area contributed by atoms with Gasteiger partial charge in [0, 0.05) is 6.42 Å². The number of aromatic nitrogens is 3. The molecule has 4 rings (SSSR count). The van der Waals surface area contributed by atoms with Gasteiger partial charge in [-0.25, -0.2) is 0 Å². The molecule has 0 saturated heterocycles. The van der Waals surface area contributed by atoms with Crippen LogP contribution in [-0.2, 0) is 4.79 Å². The van der Waals surface area contributed by atoms with Gasteiger partial charge in [0.1, 0.15) is 6.33 Å². The Balaban J connectivity index is 1.44. The first-order valence-corrected chi connectivity index (χ1v) is 12.2. The molecule has 1 aromatic heterocycles. The van der Waals surface area contributed by atoms with E-state index in [1.54, 1.807) is 6.33 Å². The van der Waals surface area contributed by atoms with E-state index in [-0.39, 0.29) is 23.6 Å². The Morgan fingerprint density at radius 2 is 1.91 bits per heavy atom. The third kappa shape index (κ3) is 5.50. The van der Waals surface area contributed by atoms with Crippen molar-refractivity contribution in [3.05, 3.63) is 59.4 Å². The molecule has 0 saturated carbocycles. The molecule has 0 unspecified atom stereocenters. The minimum atomic E-state index is -0.132.